The summed E-state index contributed by atoms with van der Waals surface area (Å²) in [6.45, 7) is 1.95. The van der Waals surface area contributed by atoms with Gasteiger partial charge in [-0.1, -0.05) is 28.1 Å². The fourth-order valence-corrected chi connectivity index (χ4v) is 1.80. The highest BCUT2D eigenvalue weighted by Crippen LogP contribution is 2.24. The van der Waals surface area contributed by atoms with E-state index in [1.807, 2.05) is 31.2 Å². The molecule has 1 N–H and O–H groups in total. The zero-order valence-electron chi connectivity index (χ0n) is 7.51. The van der Waals surface area contributed by atoms with Crippen LogP contribution in [0.15, 0.2) is 28.7 Å². The van der Waals surface area contributed by atoms with Gasteiger partial charge in [0.2, 0.25) is 5.28 Å². The van der Waals surface area contributed by atoms with Crippen LogP contribution in [0.4, 0.5) is 0 Å². The summed E-state index contributed by atoms with van der Waals surface area (Å²) in [5.41, 5.74) is 2.95. The predicted molar refractivity (Wildman–Crippen MR) is 61.5 cm³/mol. The van der Waals surface area contributed by atoms with Crippen molar-refractivity contribution < 1.29 is 0 Å². The molecule has 0 aliphatic rings. The minimum Gasteiger partial charge on any atom is -0.332 e. The number of benzene rings is 1. The van der Waals surface area contributed by atoms with E-state index in [0.717, 1.165) is 21.4 Å². The van der Waals surface area contributed by atoms with Crippen LogP contribution in [0, 0.1) is 6.92 Å². The highest BCUT2D eigenvalue weighted by molar-refractivity contribution is 9.10. The van der Waals surface area contributed by atoms with Gasteiger partial charge in [-0.25, -0.2) is 4.98 Å². The van der Waals surface area contributed by atoms with Crippen molar-refractivity contribution in [2.45, 2.75) is 6.92 Å². The second kappa shape index (κ2) is 3.75. The van der Waals surface area contributed by atoms with Gasteiger partial charge in [-0.2, -0.15) is 0 Å². The molecule has 14 heavy (non-hydrogen) atoms. The highest BCUT2D eigenvalue weighted by Gasteiger charge is 2.06. The fraction of sp³-hybridized carbons (Fsp3) is 0.100. The van der Waals surface area contributed by atoms with Gasteiger partial charge in [0.15, 0.2) is 0 Å². The predicted octanol–water partition coefficient (Wildman–Crippen LogP) is 3.80. The van der Waals surface area contributed by atoms with Crippen molar-refractivity contribution in [3.63, 3.8) is 0 Å². The Labute approximate surface area is 95.5 Å². The molecule has 72 valence electrons. The molecule has 0 fully saturated rings. The Kier molecular flexibility index (Phi) is 2.61. The van der Waals surface area contributed by atoms with E-state index in [4.69, 9.17) is 11.6 Å². The maximum atomic E-state index is 5.77. The second-order valence-corrected chi connectivity index (χ2v) is 4.28. The molecule has 0 saturated carbocycles. The second-order valence-electron chi connectivity index (χ2n) is 3.01. The van der Waals surface area contributed by atoms with Gasteiger partial charge in [-0.05, 0) is 30.7 Å². The molecule has 4 heteroatoms. The standard InChI is InChI=1S/C10H8BrClN2/c1-6-9(14-10(12)13-6)7-2-4-8(11)5-3-7/h2-5H,1H3,(H,13,14). The number of aromatic nitrogens is 2. The normalized spacial score (nSPS) is 10.5. The van der Waals surface area contributed by atoms with Gasteiger partial charge in [0.05, 0.1) is 5.69 Å². The lowest BCUT2D eigenvalue weighted by Gasteiger charge is -1.97. The van der Waals surface area contributed by atoms with E-state index in [9.17, 15) is 0 Å². The number of H-pyrrole nitrogens is 1. The van der Waals surface area contributed by atoms with E-state index in [0.29, 0.717) is 5.28 Å². The number of halogens is 2. The Morgan fingerprint density at radius 2 is 1.93 bits per heavy atom. The number of hydrogen-bond acceptors (Lipinski definition) is 1. The largest absolute Gasteiger partial charge is 0.332 e. The lowest BCUT2D eigenvalue weighted by molar-refractivity contribution is 1.25. The summed E-state index contributed by atoms with van der Waals surface area (Å²) in [7, 11) is 0. The molecule has 0 unspecified atom stereocenters. The van der Waals surface area contributed by atoms with Crippen LogP contribution in [0.2, 0.25) is 5.28 Å². The molecule has 1 aromatic heterocycles. The number of hydrogen-bond donors (Lipinski definition) is 1. The summed E-state index contributed by atoms with van der Waals surface area (Å²) in [6.07, 6.45) is 0. The van der Waals surface area contributed by atoms with Gasteiger partial charge in [-0.3, -0.25) is 0 Å². The smallest absolute Gasteiger partial charge is 0.200 e. The van der Waals surface area contributed by atoms with Crippen LogP contribution in [0.25, 0.3) is 11.3 Å². The van der Waals surface area contributed by atoms with Gasteiger partial charge < -0.3 is 4.98 Å². The number of nitrogens with zero attached hydrogens (tertiary/aromatic N) is 1. The topological polar surface area (TPSA) is 28.7 Å². The number of nitrogens with one attached hydrogen (secondary N) is 1. The first-order valence-corrected chi connectivity index (χ1v) is 5.32. The molecule has 1 aromatic carbocycles. The third kappa shape index (κ3) is 1.83. The maximum Gasteiger partial charge on any atom is 0.200 e. The van der Waals surface area contributed by atoms with Gasteiger partial charge in [0.1, 0.15) is 0 Å². The molecule has 0 amide bonds. The van der Waals surface area contributed by atoms with Crippen molar-refractivity contribution in [2.75, 3.05) is 0 Å². The Hall–Kier alpha value is -0.800. The third-order valence-electron chi connectivity index (χ3n) is 1.97. The van der Waals surface area contributed by atoms with E-state index in [1.54, 1.807) is 0 Å². The molecule has 0 aliphatic carbocycles. The van der Waals surface area contributed by atoms with Crippen molar-refractivity contribution in [3.8, 4) is 11.3 Å². The van der Waals surface area contributed by atoms with Crippen LogP contribution in [0.1, 0.15) is 5.69 Å². The van der Waals surface area contributed by atoms with Crippen molar-refractivity contribution in [1.82, 2.24) is 9.97 Å². The molecule has 2 nitrogen and oxygen atoms in total. The monoisotopic (exact) mass is 270 g/mol. The first-order chi connectivity index (χ1) is 6.66. The Morgan fingerprint density at radius 3 is 2.43 bits per heavy atom. The van der Waals surface area contributed by atoms with E-state index in [1.165, 1.54) is 0 Å². The molecule has 2 rings (SSSR count). The zero-order valence-corrected chi connectivity index (χ0v) is 9.85. The number of rotatable bonds is 1. The Bertz CT molecular complexity index is 448. The lowest BCUT2D eigenvalue weighted by Crippen LogP contribution is -1.80. The van der Waals surface area contributed by atoms with E-state index >= 15 is 0 Å². The summed E-state index contributed by atoms with van der Waals surface area (Å²) in [5, 5.41) is 0.431. The zero-order chi connectivity index (χ0) is 10.1. The molecule has 0 radical (unpaired) electrons. The molecule has 0 saturated heterocycles. The average Bonchev–Trinajstić information content (AvgIpc) is 2.47. The number of aromatic amines is 1. The molecule has 2 aromatic rings. The summed E-state index contributed by atoms with van der Waals surface area (Å²) in [6, 6.07) is 7.97. The van der Waals surface area contributed by atoms with Crippen LogP contribution in [0.5, 0.6) is 0 Å². The van der Waals surface area contributed by atoms with Crippen LogP contribution in [-0.4, -0.2) is 9.97 Å². The van der Waals surface area contributed by atoms with Crippen LogP contribution < -0.4 is 0 Å². The van der Waals surface area contributed by atoms with Crippen molar-refractivity contribution >= 4 is 27.5 Å². The summed E-state index contributed by atoms with van der Waals surface area (Å²) >= 11 is 9.16. The van der Waals surface area contributed by atoms with Crippen LogP contribution in [-0.2, 0) is 0 Å². The SMILES string of the molecule is Cc1[nH]c(Cl)nc1-c1ccc(Br)cc1. The van der Waals surface area contributed by atoms with E-state index in [2.05, 4.69) is 25.9 Å². The Balaban J connectivity index is 2.49. The molecule has 0 atom stereocenters. The number of aryl methyl sites for hydroxylation is 1. The molecule has 0 spiro atoms. The van der Waals surface area contributed by atoms with Gasteiger partial charge in [0.25, 0.3) is 0 Å². The van der Waals surface area contributed by atoms with Crippen molar-refractivity contribution in [3.05, 3.63) is 39.7 Å². The molecular formula is C10H8BrClN2. The Morgan fingerprint density at radius 1 is 1.29 bits per heavy atom. The first kappa shape index (κ1) is 9.74. The van der Waals surface area contributed by atoms with E-state index < -0.39 is 0 Å². The molecule has 0 bridgehead atoms. The van der Waals surface area contributed by atoms with Gasteiger partial charge in [0, 0.05) is 15.7 Å². The molecule has 1 heterocycles. The minimum atomic E-state index is 0.431. The van der Waals surface area contributed by atoms with Crippen LogP contribution >= 0.6 is 27.5 Å². The lowest BCUT2D eigenvalue weighted by atomic mass is 10.1. The number of imidazole rings is 1. The molecular weight excluding hydrogens is 263 g/mol. The summed E-state index contributed by atoms with van der Waals surface area (Å²) in [4.78, 5) is 7.17. The average molecular weight is 272 g/mol. The minimum absolute atomic E-state index is 0.431. The fourth-order valence-electron chi connectivity index (χ4n) is 1.31. The van der Waals surface area contributed by atoms with Gasteiger partial charge >= 0.3 is 0 Å². The summed E-state index contributed by atoms with van der Waals surface area (Å²) < 4.78 is 1.06. The maximum absolute atomic E-state index is 5.77. The first-order valence-electron chi connectivity index (χ1n) is 4.15. The third-order valence-corrected chi connectivity index (χ3v) is 2.68. The molecule has 0 aliphatic heterocycles. The highest BCUT2D eigenvalue weighted by atomic mass is 79.9. The van der Waals surface area contributed by atoms with Crippen LogP contribution in [0.3, 0.4) is 0 Å². The van der Waals surface area contributed by atoms with Crippen molar-refractivity contribution in [1.29, 1.82) is 0 Å². The quantitative estimate of drug-likeness (QED) is 0.839. The van der Waals surface area contributed by atoms with E-state index in [-0.39, 0.29) is 0 Å². The van der Waals surface area contributed by atoms with Crippen molar-refractivity contribution in [2.24, 2.45) is 0 Å². The van der Waals surface area contributed by atoms with Gasteiger partial charge in [-0.15, -0.1) is 0 Å². The summed E-state index contributed by atoms with van der Waals surface area (Å²) in [5.74, 6) is 0.